The second-order valence-corrected chi connectivity index (χ2v) is 11.0. The Morgan fingerprint density at radius 1 is 1.31 bits per heavy atom. The van der Waals surface area contributed by atoms with Crippen molar-refractivity contribution in [2.45, 2.75) is 43.8 Å². The molecular weight excluding hydrogens is 422 g/mol. The molecule has 10 heteroatoms. The maximum Gasteiger partial charge on any atom is 0.164 e. The van der Waals surface area contributed by atoms with Crippen LogP contribution < -0.4 is 16.4 Å². The van der Waals surface area contributed by atoms with Crippen LogP contribution >= 0.6 is 11.6 Å². The number of nitrogens with two attached hydrogens (primary N) is 1. The number of aromatic nitrogens is 1. The number of hydrogen-bond donors (Lipinski definition) is 3. The summed E-state index contributed by atoms with van der Waals surface area (Å²) in [6.45, 7) is 4.76. The number of halogens is 3. The smallest absolute Gasteiger partial charge is 0.164 e. The van der Waals surface area contributed by atoms with Crippen LogP contribution in [0, 0.1) is 11.6 Å². The van der Waals surface area contributed by atoms with Crippen molar-refractivity contribution in [1.82, 2.24) is 10.3 Å². The molecule has 29 heavy (non-hydrogen) atoms. The molecule has 0 saturated carbocycles. The van der Waals surface area contributed by atoms with Crippen LogP contribution in [0.2, 0.25) is 5.02 Å². The molecule has 0 radical (unpaired) electrons. The average Bonchev–Trinajstić information content (AvgIpc) is 2.62. The molecule has 3 rings (SSSR count). The standard InChI is InChI=1S/C19H23ClF2N4O2S/c1-18(2)17(23)26-19(3,10-29(18,27)28)14-6-13(7-15(21)16(14)22)25-9-12-5-4-11(20)8-24-12/h4-8,17,25-26H,9-10,23H2,1-3H3. The Kier molecular flexibility index (Phi) is 5.63. The van der Waals surface area contributed by atoms with Gasteiger partial charge in [0.15, 0.2) is 21.5 Å². The van der Waals surface area contributed by atoms with E-state index in [9.17, 15) is 17.2 Å². The van der Waals surface area contributed by atoms with Crippen LogP contribution in [-0.4, -0.2) is 30.1 Å². The van der Waals surface area contributed by atoms with E-state index >= 15 is 0 Å². The van der Waals surface area contributed by atoms with Crippen LogP contribution in [0.1, 0.15) is 32.0 Å². The Morgan fingerprint density at radius 2 is 2.00 bits per heavy atom. The van der Waals surface area contributed by atoms with Gasteiger partial charge in [-0.05, 0) is 39.0 Å². The topological polar surface area (TPSA) is 97.1 Å². The van der Waals surface area contributed by atoms with Crippen LogP contribution in [-0.2, 0) is 21.9 Å². The van der Waals surface area contributed by atoms with Crippen molar-refractivity contribution < 1.29 is 17.2 Å². The van der Waals surface area contributed by atoms with Crippen molar-refractivity contribution in [2.75, 3.05) is 11.1 Å². The number of benzene rings is 1. The van der Waals surface area contributed by atoms with Gasteiger partial charge >= 0.3 is 0 Å². The van der Waals surface area contributed by atoms with Gasteiger partial charge in [0.05, 0.1) is 39.5 Å². The molecule has 0 bridgehead atoms. The largest absolute Gasteiger partial charge is 0.379 e. The van der Waals surface area contributed by atoms with Gasteiger partial charge in [0.2, 0.25) is 0 Å². The lowest BCUT2D eigenvalue weighted by atomic mass is 9.90. The van der Waals surface area contributed by atoms with Crippen LogP contribution in [0.3, 0.4) is 0 Å². The van der Waals surface area contributed by atoms with Crippen molar-refractivity contribution in [3.8, 4) is 0 Å². The first-order valence-electron chi connectivity index (χ1n) is 8.95. The SMILES string of the molecule is CC1(c2cc(NCc3ccc(Cl)cn3)cc(F)c2F)CS(=O)(=O)C(C)(C)C(N)N1. The molecule has 1 saturated heterocycles. The summed E-state index contributed by atoms with van der Waals surface area (Å²) in [6.07, 6.45) is 0.527. The van der Waals surface area contributed by atoms with E-state index in [0.29, 0.717) is 10.7 Å². The molecule has 0 aliphatic carbocycles. The average molecular weight is 445 g/mol. The third-order valence-corrected chi connectivity index (χ3v) is 8.43. The molecule has 6 nitrogen and oxygen atoms in total. The van der Waals surface area contributed by atoms with Crippen molar-refractivity contribution in [3.63, 3.8) is 0 Å². The second kappa shape index (κ2) is 7.46. The summed E-state index contributed by atoms with van der Waals surface area (Å²) in [4.78, 5) is 4.13. The lowest BCUT2D eigenvalue weighted by Gasteiger charge is -2.46. The first-order valence-corrected chi connectivity index (χ1v) is 11.0. The van der Waals surface area contributed by atoms with E-state index in [1.807, 2.05) is 0 Å². The number of sulfone groups is 1. The Balaban J connectivity index is 1.94. The number of rotatable bonds is 4. The third-order valence-electron chi connectivity index (χ3n) is 5.39. The molecule has 158 valence electrons. The van der Waals surface area contributed by atoms with Gasteiger partial charge in [-0.3, -0.25) is 10.3 Å². The second-order valence-electron chi connectivity index (χ2n) is 7.96. The van der Waals surface area contributed by atoms with Gasteiger partial charge in [0.25, 0.3) is 0 Å². The van der Waals surface area contributed by atoms with E-state index in [4.69, 9.17) is 17.3 Å². The Bertz CT molecular complexity index is 1030. The summed E-state index contributed by atoms with van der Waals surface area (Å²) >= 11 is 5.80. The molecular formula is C19H23ClF2N4O2S. The summed E-state index contributed by atoms with van der Waals surface area (Å²) in [6, 6.07) is 5.78. The van der Waals surface area contributed by atoms with E-state index in [1.54, 1.807) is 12.1 Å². The lowest BCUT2D eigenvalue weighted by Crippen LogP contribution is -2.69. The Morgan fingerprint density at radius 3 is 2.59 bits per heavy atom. The molecule has 4 N–H and O–H groups in total. The number of nitrogens with zero attached hydrogens (tertiary/aromatic N) is 1. The molecule has 2 atom stereocenters. The van der Waals surface area contributed by atoms with Crippen LogP contribution in [0.5, 0.6) is 0 Å². The number of nitrogens with one attached hydrogen (secondary N) is 2. The van der Waals surface area contributed by atoms with E-state index in [-0.39, 0.29) is 17.8 Å². The fourth-order valence-corrected chi connectivity index (χ4v) is 5.20. The number of hydrogen-bond acceptors (Lipinski definition) is 6. The molecule has 1 aromatic heterocycles. The minimum atomic E-state index is -3.69. The highest BCUT2D eigenvalue weighted by Crippen LogP contribution is 2.37. The van der Waals surface area contributed by atoms with Crippen LogP contribution in [0.25, 0.3) is 0 Å². The normalized spacial score (nSPS) is 25.6. The van der Waals surface area contributed by atoms with E-state index in [0.717, 1.165) is 6.07 Å². The van der Waals surface area contributed by atoms with E-state index in [1.165, 1.54) is 33.0 Å². The Labute approximate surface area is 173 Å². The van der Waals surface area contributed by atoms with Crippen molar-refractivity contribution in [1.29, 1.82) is 0 Å². The van der Waals surface area contributed by atoms with Crippen molar-refractivity contribution >= 4 is 27.1 Å². The van der Waals surface area contributed by atoms with Gasteiger partial charge in [-0.25, -0.2) is 17.2 Å². The monoisotopic (exact) mass is 444 g/mol. The zero-order chi connectivity index (χ0) is 21.6. The highest BCUT2D eigenvalue weighted by molar-refractivity contribution is 7.92. The van der Waals surface area contributed by atoms with Gasteiger partial charge < -0.3 is 11.1 Å². The maximum atomic E-state index is 14.7. The molecule has 0 spiro atoms. The zero-order valence-corrected chi connectivity index (χ0v) is 17.8. The minimum absolute atomic E-state index is 0.112. The fraction of sp³-hybridized carbons (Fsp3) is 0.421. The Hall–Kier alpha value is -1.81. The van der Waals surface area contributed by atoms with E-state index < -0.39 is 43.7 Å². The van der Waals surface area contributed by atoms with Crippen LogP contribution in [0.4, 0.5) is 14.5 Å². The summed E-state index contributed by atoms with van der Waals surface area (Å²) in [5.74, 6) is -2.62. The molecule has 2 aromatic rings. The summed E-state index contributed by atoms with van der Waals surface area (Å²) in [5, 5.41) is 6.43. The van der Waals surface area contributed by atoms with Gasteiger partial charge in [-0.2, -0.15) is 0 Å². The predicted molar refractivity (Wildman–Crippen MR) is 109 cm³/mol. The molecule has 2 unspecified atom stereocenters. The number of pyridine rings is 1. The van der Waals surface area contributed by atoms with Crippen molar-refractivity contribution in [2.24, 2.45) is 5.73 Å². The molecule has 2 heterocycles. The predicted octanol–water partition coefficient (Wildman–Crippen LogP) is 2.92. The molecule has 1 aromatic carbocycles. The lowest BCUT2D eigenvalue weighted by molar-refractivity contribution is 0.270. The molecule has 1 aliphatic rings. The fourth-order valence-electron chi connectivity index (χ4n) is 3.27. The molecule has 1 fully saturated rings. The van der Waals surface area contributed by atoms with Gasteiger partial charge in [0, 0.05) is 23.5 Å². The quantitative estimate of drug-likeness (QED) is 0.670. The molecule has 1 aliphatic heterocycles. The summed E-state index contributed by atoms with van der Waals surface area (Å²) in [7, 11) is -3.69. The number of anilines is 1. The van der Waals surface area contributed by atoms with Crippen molar-refractivity contribution in [3.05, 3.63) is 58.4 Å². The van der Waals surface area contributed by atoms with Crippen LogP contribution in [0.15, 0.2) is 30.5 Å². The third kappa shape index (κ3) is 4.09. The summed E-state index contributed by atoms with van der Waals surface area (Å²) < 4.78 is 53.3. The molecule has 0 amide bonds. The summed E-state index contributed by atoms with van der Waals surface area (Å²) in [5.41, 5.74) is 5.46. The highest BCUT2D eigenvalue weighted by Gasteiger charge is 2.52. The first-order chi connectivity index (χ1) is 13.4. The van der Waals surface area contributed by atoms with Gasteiger partial charge in [-0.1, -0.05) is 11.6 Å². The van der Waals surface area contributed by atoms with E-state index in [2.05, 4.69) is 15.6 Å². The van der Waals surface area contributed by atoms with Gasteiger partial charge in [-0.15, -0.1) is 0 Å². The highest BCUT2D eigenvalue weighted by atomic mass is 35.5. The maximum absolute atomic E-state index is 14.7. The minimum Gasteiger partial charge on any atom is -0.379 e. The zero-order valence-electron chi connectivity index (χ0n) is 16.3. The van der Waals surface area contributed by atoms with Gasteiger partial charge in [0.1, 0.15) is 0 Å². The first kappa shape index (κ1) is 21.9.